The number of aromatic nitrogens is 1. The number of alkyl halides is 1. The number of aryl methyl sites for hydroxylation is 1. The normalized spacial score (nSPS) is 21.1. The average molecular weight is 334 g/mol. The Labute approximate surface area is 132 Å². The molecule has 1 saturated heterocycles. The summed E-state index contributed by atoms with van der Waals surface area (Å²) in [4.78, 5) is 2.46. The van der Waals surface area contributed by atoms with Crippen molar-refractivity contribution in [3.05, 3.63) is 18.0 Å². The number of rotatable bonds is 5. The Hall–Kier alpha value is -0.560. The zero-order valence-corrected chi connectivity index (χ0v) is 14.5. The van der Waals surface area contributed by atoms with E-state index in [0.29, 0.717) is 23.9 Å². The number of likely N-dealkylation sites (N-methyl/N-ethyl adjacent to an activating group) is 1. The zero-order valence-electron chi connectivity index (χ0n) is 12.9. The maximum Gasteiger partial charge on any atom is 0.244 e. The van der Waals surface area contributed by atoms with E-state index in [1.807, 2.05) is 25.6 Å². The molecule has 7 heteroatoms. The zero-order chi connectivity index (χ0) is 15.6. The molecule has 1 aromatic rings. The molecule has 0 N–H and O–H groups in total. The van der Waals surface area contributed by atoms with Crippen molar-refractivity contribution in [2.45, 2.75) is 43.1 Å². The Bertz CT molecular complexity index is 562. The standard InChI is InChI=1S/C14H24ClN3O2S/c1-4-17-11-14(8-13(17)9-15)21(19,20)18-7-5-6-12(10-18)16(2)3/h8,11-12H,4-7,9-10H2,1-3H3. The molecule has 120 valence electrons. The Kier molecular flexibility index (Phi) is 5.35. The van der Waals surface area contributed by atoms with E-state index in [1.165, 1.54) is 0 Å². The lowest BCUT2D eigenvalue weighted by atomic mass is 10.1. The van der Waals surface area contributed by atoms with Gasteiger partial charge >= 0.3 is 0 Å². The van der Waals surface area contributed by atoms with Gasteiger partial charge in [-0.25, -0.2) is 8.42 Å². The van der Waals surface area contributed by atoms with Crippen LogP contribution in [0, 0.1) is 0 Å². The third-order valence-electron chi connectivity index (χ3n) is 4.17. The van der Waals surface area contributed by atoms with Crippen molar-refractivity contribution in [1.82, 2.24) is 13.8 Å². The van der Waals surface area contributed by atoms with Gasteiger partial charge in [-0.2, -0.15) is 4.31 Å². The van der Waals surface area contributed by atoms with Crippen LogP contribution in [0.5, 0.6) is 0 Å². The average Bonchev–Trinajstić information content (AvgIpc) is 2.91. The van der Waals surface area contributed by atoms with Crippen LogP contribution in [0.15, 0.2) is 17.2 Å². The molecule has 5 nitrogen and oxygen atoms in total. The van der Waals surface area contributed by atoms with Gasteiger partial charge in [-0.15, -0.1) is 11.6 Å². The molecule has 1 aliphatic heterocycles. The Morgan fingerprint density at radius 2 is 2.14 bits per heavy atom. The van der Waals surface area contributed by atoms with Crippen LogP contribution in [0.4, 0.5) is 0 Å². The van der Waals surface area contributed by atoms with E-state index in [0.717, 1.165) is 25.1 Å². The van der Waals surface area contributed by atoms with Gasteiger partial charge in [0.15, 0.2) is 0 Å². The number of hydrogen-bond acceptors (Lipinski definition) is 3. The van der Waals surface area contributed by atoms with Gasteiger partial charge in [0.1, 0.15) is 4.90 Å². The fourth-order valence-corrected chi connectivity index (χ4v) is 4.59. The summed E-state index contributed by atoms with van der Waals surface area (Å²) in [7, 11) is 0.577. The summed E-state index contributed by atoms with van der Waals surface area (Å²) in [5.74, 6) is 0.323. The van der Waals surface area contributed by atoms with Crippen molar-refractivity contribution in [1.29, 1.82) is 0 Å². The number of piperidine rings is 1. The molecule has 21 heavy (non-hydrogen) atoms. The second-order valence-corrected chi connectivity index (χ2v) is 7.91. The fraction of sp³-hybridized carbons (Fsp3) is 0.714. The highest BCUT2D eigenvalue weighted by Gasteiger charge is 2.32. The number of halogens is 1. The first-order valence-corrected chi connectivity index (χ1v) is 9.29. The van der Waals surface area contributed by atoms with Gasteiger partial charge in [0, 0.05) is 37.6 Å². The summed E-state index contributed by atoms with van der Waals surface area (Å²) in [6.07, 6.45) is 3.65. The van der Waals surface area contributed by atoms with Crippen LogP contribution < -0.4 is 0 Å². The van der Waals surface area contributed by atoms with Gasteiger partial charge in [0.25, 0.3) is 0 Å². The summed E-state index contributed by atoms with van der Waals surface area (Å²) in [6, 6.07) is 1.99. The lowest BCUT2D eigenvalue weighted by Gasteiger charge is -2.35. The molecule has 2 rings (SSSR count). The summed E-state index contributed by atoms with van der Waals surface area (Å²) in [6.45, 7) is 3.86. The molecule has 1 fully saturated rings. The Morgan fingerprint density at radius 1 is 1.43 bits per heavy atom. The van der Waals surface area contributed by atoms with Gasteiger partial charge in [-0.05, 0) is 39.9 Å². The molecule has 0 aromatic carbocycles. The maximum atomic E-state index is 12.8. The SMILES string of the molecule is CCn1cc(S(=O)(=O)N2CCCC(N(C)C)C2)cc1CCl. The maximum absolute atomic E-state index is 12.8. The third kappa shape index (κ3) is 3.44. The van der Waals surface area contributed by atoms with Gasteiger partial charge in [0.2, 0.25) is 10.0 Å². The van der Waals surface area contributed by atoms with E-state index >= 15 is 0 Å². The molecule has 1 aliphatic rings. The third-order valence-corrected chi connectivity index (χ3v) is 6.27. The molecule has 0 radical (unpaired) electrons. The molecule has 1 aromatic heterocycles. The monoisotopic (exact) mass is 333 g/mol. The van der Waals surface area contributed by atoms with Gasteiger partial charge < -0.3 is 9.47 Å². The summed E-state index contributed by atoms with van der Waals surface area (Å²) in [5, 5.41) is 0. The lowest BCUT2D eigenvalue weighted by molar-refractivity contribution is 0.190. The minimum atomic E-state index is -3.42. The molecule has 1 atom stereocenters. The van der Waals surface area contributed by atoms with Gasteiger partial charge in [-0.3, -0.25) is 0 Å². The predicted octanol–water partition coefficient (Wildman–Crippen LogP) is 1.96. The van der Waals surface area contributed by atoms with E-state index < -0.39 is 10.0 Å². The highest BCUT2D eigenvalue weighted by atomic mass is 35.5. The van der Waals surface area contributed by atoms with Gasteiger partial charge in [0.05, 0.1) is 5.88 Å². The molecule has 0 amide bonds. The Morgan fingerprint density at radius 3 is 2.67 bits per heavy atom. The smallest absolute Gasteiger partial charge is 0.244 e. The highest BCUT2D eigenvalue weighted by molar-refractivity contribution is 7.89. The second-order valence-electron chi connectivity index (χ2n) is 5.71. The topological polar surface area (TPSA) is 45.6 Å². The van der Waals surface area contributed by atoms with Crippen LogP contribution in [-0.4, -0.2) is 55.4 Å². The van der Waals surface area contributed by atoms with E-state index in [-0.39, 0.29) is 6.04 Å². The molecular formula is C14H24ClN3O2S. The number of sulfonamides is 1. The van der Waals surface area contributed by atoms with Crippen molar-refractivity contribution >= 4 is 21.6 Å². The molecule has 2 heterocycles. The first kappa shape index (κ1) is 16.8. The van der Waals surface area contributed by atoms with Crippen molar-refractivity contribution in [2.24, 2.45) is 0 Å². The van der Waals surface area contributed by atoms with Crippen LogP contribution in [0.3, 0.4) is 0 Å². The molecular weight excluding hydrogens is 310 g/mol. The molecule has 0 saturated carbocycles. The first-order chi connectivity index (χ1) is 9.90. The van der Waals surface area contributed by atoms with Crippen molar-refractivity contribution in [3.8, 4) is 0 Å². The van der Waals surface area contributed by atoms with Crippen LogP contribution in [-0.2, 0) is 22.4 Å². The number of hydrogen-bond donors (Lipinski definition) is 0. The largest absolute Gasteiger partial charge is 0.349 e. The lowest BCUT2D eigenvalue weighted by Crippen LogP contribution is -2.47. The van der Waals surface area contributed by atoms with Crippen molar-refractivity contribution < 1.29 is 8.42 Å². The number of nitrogens with zero attached hydrogens (tertiary/aromatic N) is 3. The first-order valence-electron chi connectivity index (χ1n) is 7.31. The highest BCUT2D eigenvalue weighted by Crippen LogP contribution is 2.24. The van der Waals surface area contributed by atoms with Crippen LogP contribution in [0.1, 0.15) is 25.5 Å². The molecule has 0 spiro atoms. The van der Waals surface area contributed by atoms with Crippen molar-refractivity contribution in [2.75, 3.05) is 27.2 Å². The fourth-order valence-electron chi connectivity index (χ4n) is 2.78. The Balaban J connectivity index is 2.27. The summed E-state index contributed by atoms with van der Waals surface area (Å²) >= 11 is 5.89. The molecule has 0 bridgehead atoms. The second kappa shape index (κ2) is 6.69. The molecule has 0 aliphatic carbocycles. The summed E-state index contributed by atoms with van der Waals surface area (Å²) < 4.78 is 29.1. The van der Waals surface area contributed by atoms with Crippen LogP contribution in [0.25, 0.3) is 0 Å². The van der Waals surface area contributed by atoms with Crippen molar-refractivity contribution in [3.63, 3.8) is 0 Å². The van der Waals surface area contributed by atoms with Gasteiger partial charge in [-0.1, -0.05) is 0 Å². The summed E-state index contributed by atoms with van der Waals surface area (Å²) in [5.41, 5.74) is 0.846. The van der Waals surface area contributed by atoms with E-state index in [2.05, 4.69) is 4.90 Å². The predicted molar refractivity (Wildman–Crippen MR) is 85.1 cm³/mol. The van der Waals surface area contributed by atoms with E-state index in [4.69, 9.17) is 11.6 Å². The minimum Gasteiger partial charge on any atom is -0.349 e. The minimum absolute atomic E-state index is 0.286. The van der Waals surface area contributed by atoms with Crippen LogP contribution >= 0.6 is 11.6 Å². The van der Waals surface area contributed by atoms with E-state index in [1.54, 1.807) is 16.6 Å². The quantitative estimate of drug-likeness (QED) is 0.774. The van der Waals surface area contributed by atoms with Crippen LogP contribution in [0.2, 0.25) is 0 Å². The molecule has 1 unspecified atom stereocenters. The van der Waals surface area contributed by atoms with E-state index in [9.17, 15) is 8.42 Å².